The number of phenolic OH excluding ortho intramolecular Hbond substituents is 1. The first-order chi connectivity index (χ1) is 40.0. The van der Waals surface area contributed by atoms with E-state index < -0.39 is 170 Å². The summed E-state index contributed by atoms with van der Waals surface area (Å²) in [6.45, 7) is 9.35. The molecule has 1 saturated carbocycles. The van der Waals surface area contributed by atoms with Crippen molar-refractivity contribution in [2.75, 3.05) is 26.2 Å². The van der Waals surface area contributed by atoms with Crippen molar-refractivity contribution in [3.8, 4) is 5.75 Å². The first-order valence-electron chi connectivity index (χ1n) is 29.6. The number of unbranched alkanes of at least 4 members (excludes halogenated alkanes) is 5. The maximum atomic E-state index is 14.7. The van der Waals surface area contributed by atoms with Gasteiger partial charge in [0, 0.05) is 65.1 Å². The lowest BCUT2D eigenvalue weighted by Gasteiger charge is -2.33. The van der Waals surface area contributed by atoms with Gasteiger partial charge in [0.25, 0.3) is 11.9 Å². The third-order valence-corrected chi connectivity index (χ3v) is 15.6. The summed E-state index contributed by atoms with van der Waals surface area (Å²) in [6.07, 6.45) is -7.25. The Morgan fingerprint density at radius 1 is 0.729 bits per heavy atom. The predicted molar refractivity (Wildman–Crippen MR) is 309 cm³/mol. The van der Waals surface area contributed by atoms with Crippen LogP contribution in [0.1, 0.15) is 156 Å². The Kier molecular flexibility index (Phi) is 34.1. The van der Waals surface area contributed by atoms with Crippen LogP contribution >= 0.6 is 0 Å². The minimum Gasteiger partial charge on any atom is -0.508 e. The third kappa shape index (κ3) is 25.6. The van der Waals surface area contributed by atoms with E-state index in [2.05, 4.69) is 47.4 Å². The van der Waals surface area contributed by atoms with E-state index in [1.54, 1.807) is 0 Å². The number of aromatic hydroxyl groups is 1. The summed E-state index contributed by atoms with van der Waals surface area (Å²) in [4.78, 5) is 120. The Balaban J connectivity index is 0.00000289. The number of nitrogens with one attached hydrogen (secondary N) is 5. The maximum Gasteiger partial charge on any atom is 0.300 e. The highest BCUT2D eigenvalue weighted by Crippen LogP contribution is 2.36. The van der Waals surface area contributed by atoms with E-state index in [4.69, 9.17) is 31.3 Å². The number of carbonyl (C=O) groups excluding carboxylic acids is 7. The maximum absolute atomic E-state index is 14.7. The molecule has 2 saturated heterocycles. The lowest BCUT2D eigenvalue weighted by molar-refractivity contribution is -0.146. The molecular formula is C58H98N8O19. The van der Waals surface area contributed by atoms with Crippen molar-refractivity contribution in [1.29, 1.82) is 0 Å². The van der Waals surface area contributed by atoms with E-state index in [9.17, 15) is 74.4 Å². The van der Waals surface area contributed by atoms with Crippen molar-refractivity contribution in [3.05, 3.63) is 29.8 Å². The topological polar surface area (TPSA) is 471 Å². The number of carboxylic acid groups (broad SMARTS) is 2. The van der Waals surface area contributed by atoms with Gasteiger partial charge >= 0.3 is 0 Å². The lowest BCUT2D eigenvalue weighted by atomic mass is 9.83. The van der Waals surface area contributed by atoms with Gasteiger partial charge < -0.3 is 88.7 Å². The van der Waals surface area contributed by atoms with Crippen LogP contribution in [0.5, 0.6) is 5.75 Å². The monoisotopic (exact) mass is 1210 g/mol. The zero-order valence-corrected chi connectivity index (χ0v) is 50.0. The number of aliphatic carboxylic acids is 2. The number of fused-ring (bicyclic) bond motifs is 2. The van der Waals surface area contributed by atoms with Crippen LogP contribution < -0.4 is 38.1 Å². The summed E-state index contributed by atoms with van der Waals surface area (Å²) in [5.41, 5.74) is 11.6. The van der Waals surface area contributed by atoms with Gasteiger partial charge in [0.2, 0.25) is 29.5 Å². The van der Waals surface area contributed by atoms with Crippen LogP contribution in [0.2, 0.25) is 0 Å². The largest absolute Gasteiger partial charge is 0.508 e. The Labute approximate surface area is 497 Å². The molecule has 2 aliphatic heterocycles. The molecule has 1 aromatic rings. The molecule has 27 nitrogen and oxygen atoms in total. The van der Waals surface area contributed by atoms with Gasteiger partial charge in [-0.3, -0.25) is 48.5 Å². The zero-order valence-electron chi connectivity index (χ0n) is 50.0. The fraction of sp³-hybridized carbons (Fsp3) is 0.741. The SMILES string of the molecule is CC(=O)O.CC(=O)O.CCC(C)CC(C)CCCCCCCCC(=O)N[C@H]1C[C@@H](O)[C@@H](NCCN)NC(=O)[C@H]2C(CC[C@@H]2O)C(=O)[C@H]([C@H](O)CCN)NC(=O)[C@H]([C@H](O)[C@@H](O)c2ccc(O)cc2)CC(=O)[C@@H]2C[C@@H](O)CN2C(=O)[C@H]([C@@H](C)O)NC1=O. The number of benzene rings is 1. The zero-order chi connectivity index (χ0) is 64.2. The summed E-state index contributed by atoms with van der Waals surface area (Å²) in [7, 11) is 0. The highest BCUT2D eigenvalue weighted by atomic mass is 16.4. The van der Waals surface area contributed by atoms with Crippen LogP contribution in [-0.2, 0) is 43.2 Å². The molecule has 0 radical (unpaired) electrons. The van der Waals surface area contributed by atoms with Crippen molar-refractivity contribution in [2.45, 2.75) is 217 Å². The number of ketones is 2. The minimum atomic E-state index is -2.15. The summed E-state index contributed by atoms with van der Waals surface area (Å²) in [5, 5.41) is 118. The van der Waals surface area contributed by atoms with Crippen molar-refractivity contribution in [3.63, 3.8) is 0 Å². The van der Waals surface area contributed by atoms with Crippen LogP contribution in [0.4, 0.5) is 0 Å². The summed E-state index contributed by atoms with van der Waals surface area (Å²) < 4.78 is 0. The molecule has 484 valence electrons. The molecule has 3 aliphatic rings. The fourth-order valence-corrected chi connectivity index (χ4v) is 10.9. The van der Waals surface area contributed by atoms with Gasteiger partial charge in [-0.25, -0.2) is 0 Å². The van der Waals surface area contributed by atoms with Gasteiger partial charge in [0.05, 0.1) is 54.5 Å². The molecule has 0 bridgehead atoms. The summed E-state index contributed by atoms with van der Waals surface area (Å²) in [6, 6.07) is -2.02. The highest BCUT2D eigenvalue weighted by molar-refractivity contribution is 5.99. The molecule has 85 heavy (non-hydrogen) atoms. The number of aliphatic hydroxyl groups is 7. The molecule has 0 spiro atoms. The van der Waals surface area contributed by atoms with Crippen molar-refractivity contribution in [2.24, 2.45) is 41.1 Å². The molecule has 4 rings (SSSR count). The third-order valence-electron chi connectivity index (χ3n) is 15.6. The number of carbonyl (C=O) groups is 9. The molecule has 19 N–H and O–H groups in total. The Morgan fingerprint density at radius 3 is 1.89 bits per heavy atom. The van der Waals surface area contributed by atoms with E-state index in [0.29, 0.717) is 18.3 Å². The molecule has 0 aromatic heterocycles. The van der Waals surface area contributed by atoms with Crippen LogP contribution in [0.25, 0.3) is 0 Å². The number of hydrogen-bond acceptors (Lipinski definition) is 20. The molecular weight excluding hydrogens is 1110 g/mol. The van der Waals surface area contributed by atoms with Crippen LogP contribution in [-0.4, -0.2) is 202 Å². The number of hydrogen-bond donors (Lipinski definition) is 17. The van der Waals surface area contributed by atoms with E-state index >= 15 is 0 Å². The highest BCUT2D eigenvalue weighted by Gasteiger charge is 2.50. The molecule has 1 aromatic carbocycles. The number of nitrogens with zero attached hydrogens (tertiary/aromatic N) is 1. The number of carboxylic acids is 2. The number of phenols is 1. The molecule has 27 heteroatoms. The Morgan fingerprint density at radius 2 is 1.32 bits per heavy atom. The normalized spacial score (nSPS) is 27.5. The fourth-order valence-electron chi connectivity index (χ4n) is 10.9. The minimum absolute atomic E-state index is 0.0106. The van der Waals surface area contributed by atoms with Crippen LogP contribution in [0, 0.1) is 29.6 Å². The Hall–Kier alpha value is -5.75. The smallest absolute Gasteiger partial charge is 0.300 e. The number of aliphatic hydroxyl groups excluding tert-OH is 7. The second-order valence-corrected chi connectivity index (χ2v) is 22.9. The van der Waals surface area contributed by atoms with Crippen molar-refractivity contribution < 1.29 is 94.2 Å². The van der Waals surface area contributed by atoms with Gasteiger partial charge in [-0.2, -0.15) is 0 Å². The first-order valence-corrected chi connectivity index (χ1v) is 29.6. The van der Waals surface area contributed by atoms with Gasteiger partial charge in [0.1, 0.15) is 36.1 Å². The van der Waals surface area contributed by atoms with E-state index in [1.807, 2.05) is 0 Å². The molecule has 1 aliphatic carbocycles. The lowest BCUT2D eigenvalue weighted by Crippen LogP contribution is -2.61. The van der Waals surface area contributed by atoms with Gasteiger partial charge in [-0.1, -0.05) is 77.8 Å². The van der Waals surface area contributed by atoms with E-state index in [0.717, 1.165) is 63.7 Å². The van der Waals surface area contributed by atoms with Crippen molar-refractivity contribution in [1.82, 2.24) is 31.5 Å². The van der Waals surface area contributed by atoms with Gasteiger partial charge in [-0.15, -0.1) is 0 Å². The average molecular weight is 1210 g/mol. The van der Waals surface area contributed by atoms with Gasteiger partial charge in [0.15, 0.2) is 11.6 Å². The molecule has 3 fully saturated rings. The number of nitrogens with two attached hydrogens (primary N) is 2. The second-order valence-electron chi connectivity index (χ2n) is 22.9. The molecule has 17 atom stereocenters. The predicted octanol–water partition coefficient (Wildman–Crippen LogP) is -1.05. The second kappa shape index (κ2) is 38.4. The first kappa shape index (κ1) is 75.3. The molecule has 5 amide bonds. The van der Waals surface area contributed by atoms with E-state index in [-0.39, 0.29) is 56.6 Å². The van der Waals surface area contributed by atoms with E-state index in [1.165, 1.54) is 37.6 Å². The molecule has 2 heterocycles. The number of Topliss-reactive ketones (excluding diaryl/α,β-unsaturated/α-hetero) is 2. The summed E-state index contributed by atoms with van der Waals surface area (Å²) in [5.74, 6) is -12.2. The standard InChI is InChI=1S/C54H90N8O15.2C2H4O2/c1-5-29(2)24-30(3)12-10-8-6-7-9-11-13-43(70)58-37-27-42(69)50(57-23-22-56)61-53(76)44-35(18-19-39(44)66)48(72)46(40(67)20-21-55)60-51(74)36(49(73)47(71)32-14-16-33(64)17-15-32)26-41(68)38-25-34(65)28-62(38)54(77)45(31(4)63)59-52(37)75;2*1-2(3)4/h14-17,29-31,34-40,42,44-47,49-50,57,63-67,69,71,73H,5-13,18-28,55-56H2,1-4H3,(H,58,70)(H,59,75)(H,60,74)(H,61,76);2*1H3,(H,3,4)/t29?,30?,31-,34-,35?,36+,37+,38+,39+,40-,42-,44+,45+,46+,47+,49+,50+;;/m1../s1. The van der Waals surface area contributed by atoms with Gasteiger partial charge in [-0.05, 0) is 75.1 Å². The van der Waals surface area contributed by atoms with Crippen LogP contribution in [0.15, 0.2) is 24.3 Å². The Bertz CT molecular complexity index is 2260. The molecule has 3 unspecified atom stereocenters. The number of rotatable bonds is 23. The quantitative estimate of drug-likeness (QED) is 0.0582. The number of amides is 5. The average Bonchev–Trinajstić information content (AvgIpc) is 2.48. The van der Waals surface area contributed by atoms with Crippen molar-refractivity contribution >= 4 is 53.0 Å². The summed E-state index contributed by atoms with van der Waals surface area (Å²) >= 11 is 0. The van der Waals surface area contributed by atoms with Crippen LogP contribution in [0.3, 0.4) is 0 Å².